The lowest BCUT2D eigenvalue weighted by Gasteiger charge is -2.57. The van der Waals surface area contributed by atoms with Crippen LogP contribution in [0.15, 0.2) is 28.7 Å². The summed E-state index contributed by atoms with van der Waals surface area (Å²) in [4.78, 5) is 4.43. The Morgan fingerprint density at radius 1 is 1.06 bits per heavy atom. The van der Waals surface area contributed by atoms with Crippen LogP contribution in [0.4, 0.5) is 0 Å². The first-order valence-corrected chi connectivity index (χ1v) is 12.4. The largest absolute Gasteiger partial charge is 0.441 e. The highest BCUT2D eigenvalue weighted by Crippen LogP contribution is 2.65. The third-order valence-electron chi connectivity index (χ3n) is 9.80. The van der Waals surface area contributed by atoms with Crippen molar-refractivity contribution in [1.29, 1.82) is 0 Å². The lowest BCUT2D eigenvalue weighted by Crippen LogP contribution is -2.64. The van der Waals surface area contributed by atoms with Crippen LogP contribution in [0.1, 0.15) is 76.2 Å². The van der Waals surface area contributed by atoms with Crippen molar-refractivity contribution in [2.45, 2.75) is 88.9 Å². The van der Waals surface area contributed by atoms with Gasteiger partial charge < -0.3 is 19.7 Å². The molecule has 7 atom stereocenters. The van der Waals surface area contributed by atoms with Crippen molar-refractivity contribution in [2.75, 3.05) is 0 Å². The number of allylic oxidation sites excluding steroid dienone is 2. The molecule has 2 aromatic rings. The second-order valence-electron chi connectivity index (χ2n) is 11.4. The number of oxazole rings is 1. The lowest BCUT2D eigenvalue weighted by molar-refractivity contribution is -0.228. The zero-order valence-electron chi connectivity index (χ0n) is 19.2. The molecule has 6 unspecified atom stereocenters. The van der Waals surface area contributed by atoms with Gasteiger partial charge in [-0.1, -0.05) is 19.1 Å². The number of nitrogens with zero attached hydrogens (tertiary/aromatic N) is 1. The SMILES string of the molecule is Cc1nc2ccc(C3=CCC4C3(C)CCC3(O)CC5CC(O)CCC5CC[C@]43O)cc2o1. The van der Waals surface area contributed by atoms with Crippen molar-refractivity contribution in [3.63, 3.8) is 0 Å². The van der Waals surface area contributed by atoms with Crippen LogP contribution in [-0.2, 0) is 0 Å². The van der Waals surface area contributed by atoms with Gasteiger partial charge in [0.25, 0.3) is 0 Å². The van der Waals surface area contributed by atoms with Crippen molar-refractivity contribution in [2.24, 2.45) is 23.2 Å². The van der Waals surface area contributed by atoms with Crippen LogP contribution in [-0.4, -0.2) is 37.6 Å². The summed E-state index contributed by atoms with van der Waals surface area (Å²) in [7, 11) is 0. The molecular formula is C27H35NO4. The van der Waals surface area contributed by atoms with E-state index in [0.717, 1.165) is 55.2 Å². The smallest absolute Gasteiger partial charge is 0.192 e. The summed E-state index contributed by atoms with van der Waals surface area (Å²) in [5.41, 5.74) is 1.74. The van der Waals surface area contributed by atoms with Crippen LogP contribution in [0.2, 0.25) is 0 Å². The number of benzene rings is 1. The monoisotopic (exact) mass is 437 g/mol. The molecule has 6 rings (SSSR count). The molecule has 0 amide bonds. The van der Waals surface area contributed by atoms with E-state index in [1.54, 1.807) is 0 Å². The number of aryl methyl sites for hydroxylation is 1. The second-order valence-corrected chi connectivity index (χ2v) is 11.4. The van der Waals surface area contributed by atoms with Crippen molar-refractivity contribution in [3.05, 3.63) is 35.7 Å². The first-order chi connectivity index (χ1) is 15.2. The quantitative estimate of drug-likeness (QED) is 0.599. The van der Waals surface area contributed by atoms with Crippen LogP contribution in [0.3, 0.4) is 0 Å². The fourth-order valence-electron chi connectivity index (χ4n) is 8.07. The molecule has 1 aromatic carbocycles. The molecule has 172 valence electrons. The zero-order valence-corrected chi connectivity index (χ0v) is 19.2. The molecule has 0 aliphatic heterocycles. The topological polar surface area (TPSA) is 86.7 Å². The van der Waals surface area contributed by atoms with Crippen molar-refractivity contribution >= 4 is 16.7 Å². The summed E-state index contributed by atoms with van der Waals surface area (Å²) in [6.45, 7) is 4.15. The van der Waals surface area contributed by atoms with Crippen LogP contribution in [0.5, 0.6) is 0 Å². The molecule has 4 aliphatic carbocycles. The van der Waals surface area contributed by atoms with E-state index in [-0.39, 0.29) is 17.4 Å². The predicted octanol–water partition coefficient (Wildman–Crippen LogP) is 4.76. The maximum atomic E-state index is 12.2. The Bertz CT molecular complexity index is 1090. The highest BCUT2D eigenvalue weighted by molar-refractivity contribution is 5.82. The number of aromatic nitrogens is 1. The van der Waals surface area contributed by atoms with Gasteiger partial charge in [-0.05, 0) is 98.3 Å². The van der Waals surface area contributed by atoms with Gasteiger partial charge in [0.15, 0.2) is 11.5 Å². The minimum atomic E-state index is -1.09. The molecule has 1 aromatic heterocycles. The van der Waals surface area contributed by atoms with Crippen molar-refractivity contribution in [3.8, 4) is 0 Å². The Morgan fingerprint density at radius 2 is 1.91 bits per heavy atom. The Labute approximate surface area is 189 Å². The summed E-state index contributed by atoms with van der Waals surface area (Å²) < 4.78 is 5.79. The van der Waals surface area contributed by atoms with Gasteiger partial charge in [-0.25, -0.2) is 4.98 Å². The molecule has 1 heterocycles. The van der Waals surface area contributed by atoms with Gasteiger partial charge in [-0.3, -0.25) is 0 Å². The van der Waals surface area contributed by atoms with E-state index in [2.05, 4.69) is 30.1 Å². The van der Waals surface area contributed by atoms with Crippen molar-refractivity contribution in [1.82, 2.24) is 4.98 Å². The van der Waals surface area contributed by atoms with E-state index in [0.29, 0.717) is 37.0 Å². The number of aliphatic hydroxyl groups excluding tert-OH is 1. The molecule has 0 bridgehead atoms. The van der Waals surface area contributed by atoms with Crippen LogP contribution >= 0.6 is 0 Å². The summed E-state index contributed by atoms with van der Waals surface area (Å²) in [6.07, 6.45) is 9.15. The van der Waals surface area contributed by atoms with Crippen LogP contribution in [0, 0.1) is 30.1 Å². The fraction of sp³-hybridized carbons (Fsp3) is 0.667. The maximum absolute atomic E-state index is 12.2. The van der Waals surface area contributed by atoms with Gasteiger partial charge in [0.1, 0.15) is 5.52 Å². The Hall–Kier alpha value is -1.69. The van der Waals surface area contributed by atoms with Gasteiger partial charge >= 0.3 is 0 Å². The highest BCUT2D eigenvalue weighted by Gasteiger charge is 2.65. The van der Waals surface area contributed by atoms with E-state index in [1.807, 2.05) is 13.0 Å². The van der Waals surface area contributed by atoms with Gasteiger partial charge in [0, 0.05) is 12.8 Å². The van der Waals surface area contributed by atoms with Gasteiger partial charge in [-0.15, -0.1) is 0 Å². The van der Waals surface area contributed by atoms with Gasteiger partial charge in [0.05, 0.1) is 17.3 Å². The van der Waals surface area contributed by atoms with E-state index >= 15 is 0 Å². The molecule has 5 heteroatoms. The van der Waals surface area contributed by atoms with E-state index in [4.69, 9.17) is 4.42 Å². The summed E-state index contributed by atoms with van der Waals surface area (Å²) >= 11 is 0. The third-order valence-corrected chi connectivity index (χ3v) is 9.80. The second kappa shape index (κ2) is 6.91. The molecule has 0 radical (unpaired) electrons. The minimum absolute atomic E-state index is 0.000913. The molecule has 5 nitrogen and oxygen atoms in total. The average Bonchev–Trinajstić information content (AvgIpc) is 3.26. The molecule has 3 fully saturated rings. The number of rotatable bonds is 1. The minimum Gasteiger partial charge on any atom is -0.441 e. The lowest BCUT2D eigenvalue weighted by atomic mass is 9.52. The van der Waals surface area contributed by atoms with Crippen molar-refractivity contribution < 1.29 is 19.7 Å². The summed E-state index contributed by atoms with van der Waals surface area (Å²) in [5, 5.41) is 34.4. The summed E-state index contributed by atoms with van der Waals surface area (Å²) in [5.74, 6) is 1.49. The zero-order chi connectivity index (χ0) is 22.3. The van der Waals surface area contributed by atoms with E-state index in [9.17, 15) is 15.3 Å². The molecule has 4 aliphatic rings. The molecule has 0 saturated heterocycles. The van der Waals surface area contributed by atoms with Crippen LogP contribution < -0.4 is 0 Å². The standard InChI is InChI=1S/C27H35NO4/c1-16-28-22-7-4-18(14-23(22)32-16)21-6-8-24-25(21,2)11-12-26(30)15-19-13-20(29)5-3-17(19)9-10-27(24,26)31/h4,6-7,14,17,19-20,24,29-31H,3,5,8-13,15H2,1-2H3/t17?,19?,20?,24?,25?,26?,27-/m0/s1. The normalized spacial score (nSPS) is 43.8. The number of fused-ring (bicyclic) bond motifs is 5. The highest BCUT2D eigenvalue weighted by atomic mass is 16.4. The third kappa shape index (κ3) is 2.83. The summed E-state index contributed by atoms with van der Waals surface area (Å²) in [6, 6.07) is 6.23. The molecular weight excluding hydrogens is 402 g/mol. The van der Waals surface area contributed by atoms with Crippen LogP contribution in [0.25, 0.3) is 16.7 Å². The Morgan fingerprint density at radius 3 is 2.75 bits per heavy atom. The Kier molecular flexibility index (Phi) is 4.51. The fourth-order valence-corrected chi connectivity index (χ4v) is 8.07. The van der Waals surface area contributed by atoms with Gasteiger partial charge in [-0.2, -0.15) is 0 Å². The Balaban J connectivity index is 1.35. The number of hydrogen-bond acceptors (Lipinski definition) is 5. The molecule has 0 spiro atoms. The van der Waals surface area contributed by atoms with E-state index in [1.165, 1.54) is 5.57 Å². The first-order valence-electron chi connectivity index (χ1n) is 12.4. The number of hydrogen-bond donors (Lipinski definition) is 3. The van der Waals surface area contributed by atoms with E-state index < -0.39 is 11.2 Å². The first kappa shape index (κ1) is 20.9. The predicted molar refractivity (Wildman–Crippen MR) is 123 cm³/mol. The number of aliphatic hydroxyl groups is 3. The van der Waals surface area contributed by atoms with Gasteiger partial charge in [0.2, 0.25) is 0 Å². The molecule has 3 saturated carbocycles. The maximum Gasteiger partial charge on any atom is 0.192 e. The molecule has 3 N–H and O–H groups in total. The molecule has 32 heavy (non-hydrogen) atoms. The average molecular weight is 438 g/mol.